The molecule has 0 radical (unpaired) electrons. The van der Waals surface area contributed by atoms with Gasteiger partial charge in [-0.25, -0.2) is 5.43 Å². The highest BCUT2D eigenvalue weighted by atomic mass is 35.5. The molecule has 1 aromatic heterocycles. The maximum Gasteiger partial charge on any atom is 0.245 e. The van der Waals surface area contributed by atoms with Crippen molar-refractivity contribution in [1.82, 2.24) is 15.4 Å². The summed E-state index contributed by atoms with van der Waals surface area (Å²) in [4.78, 5) is 19.5. The average molecular weight is 280 g/mol. The average Bonchev–Trinajstić information content (AvgIpc) is 2.39. The predicted octanol–water partition coefficient (Wildman–Crippen LogP) is -3.28. The van der Waals surface area contributed by atoms with E-state index in [9.17, 15) is 4.79 Å². The second-order valence-corrected chi connectivity index (χ2v) is 3.70. The summed E-state index contributed by atoms with van der Waals surface area (Å²) >= 11 is 0. The third-order valence-electron chi connectivity index (χ3n) is 2.30. The quantitative estimate of drug-likeness (QED) is 0.454. The third kappa shape index (κ3) is 4.27. The molecule has 1 amide bonds. The summed E-state index contributed by atoms with van der Waals surface area (Å²) in [6, 6.07) is 5.59. The lowest BCUT2D eigenvalue weighted by atomic mass is 10.2. The van der Waals surface area contributed by atoms with Crippen LogP contribution in [0.4, 0.5) is 0 Å². The van der Waals surface area contributed by atoms with Crippen LogP contribution in [0, 0.1) is 0 Å². The number of hydrogen-bond acceptors (Lipinski definition) is 4. The SMILES string of the molecule is [Cl-].[NH3+]CCC(=O)N/N=C/c1ccc2nccnc2c1. The Balaban J connectivity index is 0.00000180. The Kier molecular flexibility index (Phi) is 5.84. The molecule has 0 aliphatic rings. The molecule has 0 atom stereocenters. The number of amides is 1. The molecule has 1 aromatic carbocycles. The van der Waals surface area contributed by atoms with Crippen LogP contribution in [0.2, 0.25) is 0 Å². The maximum atomic E-state index is 11.2. The molecule has 0 bridgehead atoms. The minimum atomic E-state index is -0.137. The van der Waals surface area contributed by atoms with Crippen molar-refractivity contribution in [2.45, 2.75) is 6.42 Å². The minimum Gasteiger partial charge on any atom is -1.00 e. The van der Waals surface area contributed by atoms with E-state index in [0.717, 1.165) is 16.6 Å². The number of hydrazone groups is 1. The zero-order chi connectivity index (χ0) is 12.8. The van der Waals surface area contributed by atoms with Gasteiger partial charge in [0.2, 0.25) is 5.91 Å². The van der Waals surface area contributed by atoms with Gasteiger partial charge in [0.25, 0.3) is 0 Å². The Morgan fingerprint density at radius 1 is 1.32 bits per heavy atom. The Labute approximate surface area is 116 Å². The molecule has 100 valence electrons. The Morgan fingerprint density at radius 3 is 2.79 bits per heavy atom. The predicted molar refractivity (Wildman–Crippen MR) is 67.6 cm³/mol. The molecule has 6 nitrogen and oxygen atoms in total. The smallest absolute Gasteiger partial charge is 0.245 e. The first-order valence-corrected chi connectivity index (χ1v) is 5.61. The summed E-state index contributed by atoms with van der Waals surface area (Å²) in [5.41, 5.74) is 8.52. The number of quaternary nitrogens is 1. The van der Waals surface area contributed by atoms with Crippen molar-refractivity contribution in [2.24, 2.45) is 5.10 Å². The highest BCUT2D eigenvalue weighted by Gasteiger charge is 1.98. The standard InChI is InChI=1S/C12H13N5O.ClH/c13-4-3-12(18)17-16-8-9-1-2-10-11(7-9)15-6-5-14-10;/h1-2,5-8H,3-4,13H2,(H,17,18);1H/b16-8+;. The highest BCUT2D eigenvalue weighted by molar-refractivity contribution is 5.87. The molecular formula is C12H14ClN5O. The second kappa shape index (κ2) is 7.40. The molecule has 2 aromatic rings. The zero-order valence-corrected chi connectivity index (χ0v) is 11.0. The van der Waals surface area contributed by atoms with Gasteiger partial charge in [-0.3, -0.25) is 14.8 Å². The third-order valence-corrected chi connectivity index (χ3v) is 2.30. The molecule has 0 unspecified atom stereocenters. The molecule has 0 saturated heterocycles. The number of carbonyl (C=O) groups excluding carboxylic acids is 1. The van der Waals surface area contributed by atoms with Crippen LogP contribution in [0.5, 0.6) is 0 Å². The van der Waals surface area contributed by atoms with E-state index in [1.165, 1.54) is 0 Å². The first-order chi connectivity index (χ1) is 8.79. The van der Waals surface area contributed by atoms with Gasteiger partial charge in [0.15, 0.2) is 0 Å². The molecule has 0 aliphatic carbocycles. The van der Waals surface area contributed by atoms with E-state index in [1.54, 1.807) is 18.6 Å². The molecule has 0 fully saturated rings. The van der Waals surface area contributed by atoms with Crippen LogP contribution >= 0.6 is 0 Å². The van der Waals surface area contributed by atoms with Gasteiger partial charge in [0.1, 0.15) is 0 Å². The largest absolute Gasteiger partial charge is 1.00 e. The molecule has 7 heteroatoms. The van der Waals surface area contributed by atoms with Crippen LogP contribution in [0.1, 0.15) is 12.0 Å². The second-order valence-electron chi connectivity index (χ2n) is 3.70. The molecule has 0 aliphatic heterocycles. The molecular weight excluding hydrogens is 266 g/mol. The van der Waals surface area contributed by atoms with E-state index in [2.05, 4.69) is 26.2 Å². The number of rotatable bonds is 4. The van der Waals surface area contributed by atoms with Crippen molar-refractivity contribution >= 4 is 23.2 Å². The van der Waals surface area contributed by atoms with Crippen LogP contribution in [-0.2, 0) is 4.79 Å². The van der Waals surface area contributed by atoms with Gasteiger partial charge in [-0.15, -0.1) is 0 Å². The first kappa shape index (κ1) is 15.0. The molecule has 19 heavy (non-hydrogen) atoms. The van der Waals surface area contributed by atoms with E-state index in [0.29, 0.717) is 13.0 Å². The fourth-order valence-corrected chi connectivity index (χ4v) is 1.46. The fraction of sp³-hybridized carbons (Fsp3) is 0.167. The normalized spacial score (nSPS) is 10.4. The fourth-order valence-electron chi connectivity index (χ4n) is 1.46. The number of nitrogens with one attached hydrogen (secondary N) is 1. The zero-order valence-electron chi connectivity index (χ0n) is 10.2. The van der Waals surface area contributed by atoms with Gasteiger partial charge in [-0.1, -0.05) is 6.07 Å². The summed E-state index contributed by atoms with van der Waals surface area (Å²) in [5.74, 6) is -0.137. The topological polar surface area (TPSA) is 94.9 Å². The molecule has 4 N–H and O–H groups in total. The number of hydrogen-bond donors (Lipinski definition) is 2. The summed E-state index contributed by atoms with van der Waals surface area (Å²) in [6.45, 7) is 0.562. The van der Waals surface area contributed by atoms with Gasteiger partial charge in [0, 0.05) is 12.4 Å². The Bertz CT molecular complexity index is 587. The van der Waals surface area contributed by atoms with Crippen molar-refractivity contribution in [2.75, 3.05) is 6.54 Å². The summed E-state index contributed by atoms with van der Waals surface area (Å²) in [6.07, 6.45) is 5.24. The molecule has 0 saturated carbocycles. The van der Waals surface area contributed by atoms with Gasteiger partial charge in [-0.2, -0.15) is 5.10 Å². The van der Waals surface area contributed by atoms with Gasteiger partial charge in [0.05, 0.1) is 30.2 Å². The van der Waals surface area contributed by atoms with Gasteiger partial charge < -0.3 is 18.1 Å². The van der Waals surface area contributed by atoms with Crippen LogP contribution in [0.3, 0.4) is 0 Å². The van der Waals surface area contributed by atoms with E-state index in [4.69, 9.17) is 0 Å². The van der Waals surface area contributed by atoms with Crippen molar-refractivity contribution in [3.05, 3.63) is 36.2 Å². The van der Waals surface area contributed by atoms with Crippen molar-refractivity contribution < 1.29 is 22.9 Å². The van der Waals surface area contributed by atoms with E-state index in [-0.39, 0.29) is 18.3 Å². The van der Waals surface area contributed by atoms with Crippen molar-refractivity contribution in [1.29, 1.82) is 0 Å². The first-order valence-electron chi connectivity index (χ1n) is 5.61. The number of benzene rings is 1. The van der Waals surface area contributed by atoms with Gasteiger partial charge in [-0.05, 0) is 17.7 Å². The molecule has 1 heterocycles. The summed E-state index contributed by atoms with van der Waals surface area (Å²) < 4.78 is 0. The van der Waals surface area contributed by atoms with E-state index >= 15 is 0 Å². The number of halogens is 1. The van der Waals surface area contributed by atoms with E-state index in [1.807, 2.05) is 18.2 Å². The molecule has 0 spiro atoms. The highest BCUT2D eigenvalue weighted by Crippen LogP contribution is 2.08. The van der Waals surface area contributed by atoms with Crippen LogP contribution in [0.15, 0.2) is 35.7 Å². The van der Waals surface area contributed by atoms with Crippen LogP contribution in [0.25, 0.3) is 11.0 Å². The summed E-state index contributed by atoms with van der Waals surface area (Å²) in [5, 5.41) is 3.87. The maximum absolute atomic E-state index is 11.2. The van der Waals surface area contributed by atoms with Crippen molar-refractivity contribution in [3.63, 3.8) is 0 Å². The minimum absolute atomic E-state index is 0. The number of fused-ring (bicyclic) bond motifs is 1. The van der Waals surface area contributed by atoms with Crippen LogP contribution in [-0.4, -0.2) is 28.6 Å². The lowest BCUT2D eigenvalue weighted by molar-refractivity contribution is -0.366. The lowest BCUT2D eigenvalue weighted by Gasteiger charge is -1.98. The van der Waals surface area contributed by atoms with Gasteiger partial charge >= 0.3 is 0 Å². The lowest BCUT2D eigenvalue weighted by Crippen LogP contribution is -3.00. The Hall–Kier alpha value is -2.05. The number of nitrogens with zero attached hydrogens (tertiary/aromatic N) is 3. The summed E-state index contributed by atoms with van der Waals surface area (Å²) in [7, 11) is 0. The monoisotopic (exact) mass is 279 g/mol. The van der Waals surface area contributed by atoms with Crippen LogP contribution < -0.4 is 23.6 Å². The Morgan fingerprint density at radius 2 is 2.05 bits per heavy atom. The number of carbonyl (C=O) groups is 1. The number of aromatic nitrogens is 2. The van der Waals surface area contributed by atoms with E-state index < -0.39 is 0 Å². The van der Waals surface area contributed by atoms with Crippen molar-refractivity contribution in [3.8, 4) is 0 Å². The molecule has 2 rings (SSSR count).